The Bertz CT molecular complexity index is 651. The molecule has 0 atom stereocenters. The molecule has 1 fully saturated rings. The van der Waals surface area contributed by atoms with E-state index in [2.05, 4.69) is 4.40 Å². The van der Waals surface area contributed by atoms with Crippen LogP contribution in [0.1, 0.15) is 5.56 Å². The topological polar surface area (TPSA) is 53.0 Å². The van der Waals surface area contributed by atoms with Gasteiger partial charge in [0.25, 0.3) is 10.0 Å². The number of thiocarbonyl (C=S) groups is 1. The van der Waals surface area contributed by atoms with Crippen molar-refractivity contribution in [3.05, 3.63) is 29.8 Å². The van der Waals surface area contributed by atoms with Crippen LogP contribution >= 0.6 is 12.2 Å². The molecule has 0 N–H and O–H groups in total. The Morgan fingerprint density at radius 1 is 1.10 bits per heavy atom. The molecule has 0 aromatic heterocycles. The van der Waals surface area contributed by atoms with E-state index in [-0.39, 0.29) is 4.90 Å². The predicted molar refractivity (Wildman–Crippen MR) is 83.7 cm³/mol. The van der Waals surface area contributed by atoms with E-state index in [1.807, 2.05) is 18.9 Å². The molecule has 0 unspecified atom stereocenters. The molecular formula is C13H17N3O2S2. The van der Waals surface area contributed by atoms with Crippen molar-refractivity contribution in [1.29, 1.82) is 0 Å². The van der Waals surface area contributed by atoms with Gasteiger partial charge in [-0.25, -0.2) is 0 Å². The van der Waals surface area contributed by atoms with Gasteiger partial charge in [-0.1, -0.05) is 29.9 Å². The Balaban J connectivity index is 2.33. The second-order valence-electron chi connectivity index (χ2n) is 4.90. The van der Waals surface area contributed by atoms with E-state index in [4.69, 9.17) is 12.2 Å². The van der Waals surface area contributed by atoms with E-state index < -0.39 is 10.0 Å². The van der Waals surface area contributed by atoms with Crippen molar-refractivity contribution in [2.45, 2.75) is 11.8 Å². The van der Waals surface area contributed by atoms with Gasteiger partial charge < -0.3 is 9.80 Å². The molecule has 0 saturated carbocycles. The summed E-state index contributed by atoms with van der Waals surface area (Å²) in [6, 6.07) is 6.68. The molecule has 1 heterocycles. The number of piperazine rings is 1. The summed E-state index contributed by atoms with van der Waals surface area (Å²) in [4.78, 5) is 4.59. The molecule has 1 saturated heterocycles. The first kappa shape index (κ1) is 14.9. The average Bonchev–Trinajstić information content (AvgIpc) is 2.36. The summed E-state index contributed by atoms with van der Waals surface area (Å²) >= 11 is 5.19. The zero-order valence-corrected chi connectivity index (χ0v) is 13.3. The quantitative estimate of drug-likeness (QED) is 0.770. The molecule has 0 aliphatic carbocycles. The zero-order chi connectivity index (χ0) is 14.9. The fraction of sp³-hybridized carbons (Fsp3) is 0.385. The molecule has 0 spiro atoms. The lowest BCUT2D eigenvalue weighted by Gasteiger charge is -2.33. The Kier molecular flexibility index (Phi) is 4.10. The number of aryl methyl sites for hydroxylation is 1. The third-order valence-electron chi connectivity index (χ3n) is 3.16. The average molecular weight is 311 g/mol. The summed E-state index contributed by atoms with van der Waals surface area (Å²) in [5, 5.41) is 0. The summed E-state index contributed by atoms with van der Waals surface area (Å²) in [5.74, 6) is 0.502. The number of hydrogen-bond acceptors (Lipinski definition) is 3. The first-order valence-electron chi connectivity index (χ1n) is 6.15. The van der Waals surface area contributed by atoms with E-state index in [9.17, 15) is 8.42 Å². The highest BCUT2D eigenvalue weighted by molar-refractivity contribution is 7.90. The molecule has 1 aliphatic rings. The highest BCUT2D eigenvalue weighted by Gasteiger charge is 2.23. The Labute approximate surface area is 125 Å². The molecule has 108 valence electrons. The number of likely N-dealkylation sites (N-methyl/N-ethyl adjacent to an activating group) is 2. The summed E-state index contributed by atoms with van der Waals surface area (Å²) in [7, 11) is -0.0430. The van der Waals surface area contributed by atoms with Crippen LogP contribution in [0.4, 0.5) is 0 Å². The third-order valence-corrected chi connectivity index (χ3v) is 4.92. The summed E-state index contributed by atoms with van der Waals surface area (Å²) in [6.07, 6.45) is 0. The van der Waals surface area contributed by atoms with Crippen LogP contribution in [0.2, 0.25) is 0 Å². The number of amidine groups is 1. The summed E-state index contributed by atoms with van der Waals surface area (Å²) in [5.41, 5.74) is 1.01. The predicted octanol–water partition coefficient (Wildman–Crippen LogP) is 1.29. The van der Waals surface area contributed by atoms with Crippen LogP contribution in [0.5, 0.6) is 0 Å². The van der Waals surface area contributed by atoms with Gasteiger partial charge in [0.05, 0.1) is 23.0 Å². The third kappa shape index (κ3) is 3.16. The second-order valence-corrected chi connectivity index (χ2v) is 6.98. The van der Waals surface area contributed by atoms with Gasteiger partial charge in [0.2, 0.25) is 0 Å². The molecule has 0 bridgehead atoms. The minimum atomic E-state index is -3.67. The molecule has 0 amide bonds. The molecule has 1 aromatic rings. The van der Waals surface area contributed by atoms with Crippen LogP contribution in [0, 0.1) is 6.92 Å². The van der Waals surface area contributed by atoms with E-state index in [1.165, 1.54) is 0 Å². The number of benzene rings is 1. The first-order chi connectivity index (χ1) is 9.29. The van der Waals surface area contributed by atoms with Crippen LogP contribution in [-0.4, -0.2) is 56.2 Å². The van der Waals surface area contributed by atoms with Crippen LogP contribution in [0.15, 0.2) is 33.6 Å². The highest BCUT2D eigenvalue weighted by atomic mass is 32.2. The SMILES string of the molecule is Cc1ccc(S(=O)(=O)N=C2CN(C)C(=S)CN2C)cc1. The fourth-order valence-electron chi connectivity index (χ4n) is 1.84. The largest absolute Gasteiger partial charge is 0.360 e. The minimum absolute atomic E-state index is 0.208. The number of rotatable bonds is 2. The Hall–Kier alpha value is -1.47. The first-order valence-corrected chi connectivity index (χ1v) is 8.00. The van der Waals surface area contributed by atoms with Gasteiger partial charge in [-0.05, 0) is 19.1 Å². The number of nitrogens with zero attached hydrogens (tertiary/aromatic N) is 3. The normalized spacial score (nSPS) is 18.8. The number of hydrogen-bond donors (Lipinski definition) is 0. The van der Waals surface area contributed by atoms with Crippen LogP contribution < -0.4 is 0 Å². The second kappa shape index (κ2) is 5.49. The Morgan fingerprint density at radius 2 is 1.70 bits per heavy atom. The molecular weight excluding hydrogens is 294 g/mol. The number of sulfonamides is 1. The van der Waals surface area contributed by atoms with E-state index in [0.29, 0.717) is 18.9 Å². The maximum Gasteiger partial charge on any atom is 0.284 e. The smallest absolute Gasteiger partial charge is 0.284 e. The van der Waals surface area contributed by atoms with Crippen molar-refractivity contribution in [3.63, 3.8) is 0 Å². The van der Waals surface area contributed by atoms with Gasteiger partial charge in [-0.2, -0.15) is 8.42 Å². The molecule has 5 nitrogen and oxygen atoms in total. The molecule has 0 radical (unpaired) electrons. The summed E-state index contributed by atoms with van der Waals surface area (Å²) in [6.45, 7) is 2.82. The van der Waals surface area contributed by atoms with Crippen molar-refractivity contribution < 1.29 is 8.42 Å². The maximum atomic E-state index is 12.3. The van der Waals surface area contributed by atoms with E-state index in [0.717, 1.165) is 10.6 Å². The van der Waals surface area contributed by atoms with Gasteiger partial charge in [0, 0.05) is 14.1 Å². The standard InChI is InChI=1S/C13H17N3O2S2/c1-10-4-6-11(7-5-10)20(17,18)14-12-8-16(3)13(19)9-15(12)2/h4-7H,8-9H2,1-3H3. The van der Waals surface area contributed by atoms with Crippen molar-refractivity contribution in [2.24, 2.45) is 4.40 Å². The van der Waals surface area contributed by atoms with Crippen LogP contribution in [0.3, 0.4) is 0 Å². The van der Waals surface area contributed by atoms with Crippen molar-refractivity contribution in [2.75, 3.05) is 27.2 Å². The van der Waals surface area contributed by atoms with Crippen LogP contribution in [0.25, 0.3) is 0 Å². The lowest BCUT2D eigenvalue weighted by molar-refractivity contribution is 0.450. The van der Waals surface area contributed by atoms with E-state index >= 15 is 0 Å². The molecule has 7 heteroatoms. The maximum absolute atomic E-state index is 12.3. The summed E-state index contributed by atoms with van der Waals surface area (Å²) < 4.78 is 28.5. The molecule has 2 rings (SSSR count). The molecule has 1 aromatic carbocycles. The van der Waals surface area contributed by atoms with Gasteiger partial charge >= 0.3 is 0 Å². The van der Waals surface area contributed by atoms with Gasteiger partial charge in [0.15, 0.2) is 0 Å². The highest BCUT2D eigenvalue weighted by Crippen LogP contribution is 2.15. The van der Waals surface area contributed by atoms with Gasteiger partial charge in [-0.3, -0.25) is 0 Å². The van der Waals surface area contributed by atoms with Crippen molar-refractivity contribution >= 4 is 33.1 Å². The van der Waals surface area contributed by atoms with Gasteiger partial charge in [-0.15, -0.1) is 4.40 Å². The van der Waals surface area contributed by atoms with E-state index in [1.54, 1.807) is 36.2 Å². The molecule has 1 aliphatic heterocycles. The van der Waals surface area contributed by atoms with Gasteiger partial charge in [0.1, 0.15) is 5.84 Å². The van der Waals surface area contributed by atoms with Crippen LogP contribution in [-0.2, 0) is 10.0 Å². The minimum Gasteiger partial charge on any atom is -0.360 e. The Morgan fingerprint density at radius 3 is 2.30 bits per heavy atom. The fourth-order valence-corrected chi connectivity index (χ4v) is 3.15. The lowest BCUT2D eigenvalue weighted by Crippen LogP contribution is -2.50. The van der Waals surface area contributed by atoms with Crippen molar-refractivity contribution in [3.8, 4) is 0 Å². The van der Waals surface area contributed by atoms with Crippen molar-refractivity contribution in [1.82, 2.24) is 9.80 Å². The zero-order valence-electron chi connectivity index (χ0n) is 11.7. The monoisotopic (exact) mass is 311 g/mol. The molecule has 20 heavy (non-hydrogen) atoms. The lowest BCUT2D eigenvalue weighted by atomic mass is 10.2.